The van der Waals surface area contributed by atoms with E-state index in [-0.39, 0.29) is 11.8 Å². The van der Waals surface area contributed by atoms with Crippen molar-refractivity contribution in [2.75, 3.05) is 5.75 Å². The fourth-order valence-electron chi connectivity index (χ4n) is 3.71. The number of hydrogen-bond donors (Lipinski definition) is 0. The Hall–Kier alpha value is -1.14. The highest BCUT2D eigenvalue weighted by Crippen LogP contribution is 2.36. The molecule has 0 spiro atoms. The first-order chi connectivity index (χ1) is 12.3. The van der Waals surface area contributed by atoms with Gasteiger partial charge in [-0.15, -0.1) is 11.3 Å². The SMILES string of the molecule is Cc1sc2nc(C(C)C)nc(SCC(=O)N3[C@H](C)CCC[C@H]3C)c2c1C. The van der Waals surface area contributed by atoms with Crippen LogP contribution in [0.2, 0.25) is 0 Å². The lowest BCUT2D eigenvalue weighted by molar-refractivity contribution is -0.134. The average Bonchev–Trinajstić information content (AvgIpc) is 2.87. The maximum atomic E-state index is 12.9. The number of hydrogen-bond acceptors (Lipinski definition) is 5. The Bertz CT molecular complexity index is 805. The van der Waals surface area contributed by atoms with Crippen molar-refractivity contribution in [3.8, 4) is 0 Å². The lowest BCUT2D eigenvalue weighted by Gasteiger charge is -2.39. The first-order valence-corrected chi connectivity index (χ1v) is 11.3. The summed E-state index contributed by atoms with van der Waals surface area (Å²) >= 11 is 3.31. The molecule has 6 heteroatoms. The minimum atomic E-state index is 0.233. The van der Waals surface area contributed by atoms with E-state index in [1.54, 1.807) is 23.1 Å². The third-order valence-corrected chi connectivity index (χ3v) is 7.40. The monoisotopic (exact) mass is 391 g/mol. The van der Waals surface area contributed by atoms with Crippen LogP contribution < -0.4 is 0 Å². The van der Waals surface area contributed by atoms with Gasteiger partial charge in [-0.2, -0.15) is 0 Å². The van der Waals surface area contributed by atoms with Gasteiger partial charge in [-0.3, -0.25) is 4.79 Å². The highest BCUT2D eigenvalue weighted by molar-refractivity contribution is 8.00. The Morgan fingerprint density at radius 2 is 1.88 bits per heavy atom. The van der Waals surface area contributed by atoms with E-state index in [4.69, 9.17) is 9.97 Å². The zero-order chi connectivity index (χ0) is 19.0. The molecule has 2 aromatic heterocycles. The summed E-state index contributed by atoms with van der Waals surface area (Å²) in [5, 5.41) is 2.10. The Kier molecular flexibility index (Phi) is 5.92. The van der Waals surface area contributed by atoms with Crippen LogP contribution >= 0.6 is 23.1 Å². The van der Waals surface area contributed by atoms with Crippen molar-refractivity contribution in [1.29, 1.82) is 0 Å². The highest BCUT2D eigenvalue weighted by Gasteiger charge is 2.29. The molecule has 2 aromatic rings. The van der Waals surface area contributed by atoms with E-state index >= 15 is 0 Å². The van der Waals surface area contributed by atoms with Gasteiger partial charge < -0.3 is 4.90 Å². The number of thiophene rings is 1. The van der Waals surface area contributed by atoms with Crippen molar-refractivity contribution in [3.63, 3.8) is 0 Å². The van der Waals surface area contributed by atoms with Gasteiger partial charge in [0.25, 0.3) is 0 Å². The number of aromatic nitrogens is 2. The quantitative estimate of drug-likeness (QED) is 0.523. The minimum Gasteiger partial charge on any atom is -0.337 e. The molecule has 4 nitrogen and oxygen atoms in total. The average molecular weight is 392 g/mol. The number of thioether (sulfide) groups is 1. The van der Waals surface area contributed by atoms with E-state index in [0.717, 1.165) is 33.9 Å². The smallest absolute Gasteiger partial charge is 0.233 e. The molecule has 1 saturated heterocycles. The van der Waals surface area contributed by atoms with Crippen LogP contribution in [0.25, 0.3) is 10.2 Å². The number of amides is 1. The molecule has 0 bridgehead atoms. The second kappa shape index (κ2) is 7.85. The number of carbonyl (C=O) groups excluding carboxylic acids is 1. The second-order valence-electron chi connectivity index (χ2n) is 7.72. The Labute approximate surface area is 164 Å². The van der Waals surface area contributed by atoms with E-state index < -0.39 is 0 Å². The van der Waals surface area contributed by atoms with Gasteiger partial charge in [0.05, 0.1) is 5.75 Å². The molecule has 1 aliphatic heterocycles. The molecule has 142 valence electrons. The summed E-state index contributed by atoms with van der Waals surface area (Å²) in [7, 11) is 0. The van der Waals surface area contributed by atoms with Crippen molar-refractivity contribution < 1.29 is 4.79 Å². The Morgan fingerprint density at radius 1 is 1.23 bits per heavy atom. The largest absolute Gasteiger partial charge is 0.337 e. The van der Waals surface area contributed by atoms with Crippen LogP contribution in [0.3, 0.4) is 0 Å². The highest BCUT2D eigenvalue weighted by atomic mass is 32.2. The van der Waals surface area contributed by atoms with Crippen molar-refractivity contribution >= 4 is 39.2 Å². The summed E-state index contributed by atoms with van der Waals surface area (Å²) in [6.07, 6.45) is 3.44. The summed E-state index contributed by atoms with van der Waals surface area (Å²) < 4.78 is 0. The van der Waals surface area contributed by atoms with Crippen molar-refractivity contribution in [3.05, 3.63) is 16.3 Å². The maximum absolute atomic E-state index is 12.9. The van der Waals surface area contributed by atoms with Gasteiger partial charge in [-0.05, 0) is 52.5 Å². The minimum absolute atomic E-state index is 0.233. The van der Waals surface area contributed by atoms with Gasteiger partial charge in [0, 0.05) is 28.3 Å². The normalized spacial score (nSPS) is 21.0. The number of aryl methyl sites for hydroxylation is 2. The summed E-state index contributed by atoms with van der Waals surface area (Å²) in [5.74, 6) is 1.83. The van der Waals surface area contributed by atoms with Crippen LogP contribution in [0.4, 0.5) is 0 Å². The molecule has 0 aliphatic carbocycles. The van der Waals surface area contributed by atoms with Crippen molar-refractivity contribution in [2.45, 2.75) is 83.8 Å². The molecule has 2 atom stereocenters. The lowest BCUT2D eigenvalue weighted by Crippen LogP contribution is -2.48. The zero-order valence-corrected chi connectivity index (χ0v) is 18.3. The van der Waals surface area contributed by atoms with Crippen molar-refractivity contribution in [1.82, 2.24) is 14.9 Å². The second-order valence-corrected chi connectivity index (χ2v) is 9.89. The Morgan fingerprint density at radius 3 is 2.50 bits per heavy atom. The summed E-state index contributed by atoms with van der Waals surface area (Å²) in [6, 6.07) is 0.683. The van der Waals surface area contributed by atoms with Gasteiger partial charge in [0.15, 0.2) is 0 Å². The summed E-state index contributed by atoms with van der Waals surface area (Å²) in [6.45, 7) is 12.8. The number of fused-ring (bicyclic) bond motifs is 1. The van der Waals surface area contributed by atoms with Gasteiger partial charge in [-0.1, -0.05) is 25.6 Å². The molecule has 3 rings (SSSR count). The van der Waals surface area contributed by atoms with Gasteiger partial charge in [0.2, 0.25) is 5.91 Å². The molecule has 1 aliphatic rings. The van der Waals surface area contributed by atoms with Gasteiger partial charge in [-0.25, -0.2) is 9.97 Å². The van der Waals surface area contributed by atoms with Crippen LogP contribution in [0.5, 0.6) is 0 Å². The van der Waals surface area contributed by atoms with Crippen LogP contribution in [-0.4, -0.2) is 38.6 Å². The molecule has 26 heavy (non-hydrogen) atoms. The molecule has 3 heterocycles. The first-order valence-electron chi connectivity index (χ1n) is 9.51. The predicted octanol–water partition coefficient (Wildman–Crippen LogP) is 5.31. The summed E-state index contributed by atoms with van der Waals surface area (Å²) in [5.41, 5.74) is 1.25. The maximum Gasteiger partial charge on any atom is 0.233 e. The van der Waals surface area contributed by atoms with E-state index in [9.17, 15) is 4.79 Å². The number of carbonyl (C=O) groups is 1. The third-order valence-electron chi connectivity index (χ3n) is 5.34. The fraction of sp³-hybridized carbons (Fsp3) is 0.650. The number of nitrogens with zero attached hydrogens (tertiary/aromatic N) is 3. The van der Waals surface area contributed by atoms with E-state index in [0.29, 0.717) is 17.8 Å². The molecule has 0 saturated carbocycles. The molecular weight excluding hydrogens is 362 g/mol. The van der Waals surface area contributed by atoms with Crippen LogP contribution in [0, 0.1) is 13.8 Å². The van der Waals surface area contributed by atoms with E-state index in [1.807, 2.05) is 0 Å². The molecular formula is C20H29N3OS2. The third kappa shape index (κ3) is 3.77. The van der Waals surface area contributed by atoms with Gasteiger partial charge in [0.1, 0.15) is 15.7 Å². The molecule has 0 N–H and O–H groups in total. The van der Waals surface area contributed by atoms with E-state index in [1.165, 1.54) is 16.9 Å². The van der Waals surface area contributed by atoms with Crippen LogP contribution in [-0.2, 0) is 4.79 Å². The first kappa shape index (κ1) is 19.6. The standard InChI is InChI=1S/C20H29N3OS2/c1-11(2)18-21-19(17-14(5)15(6)26-20(17)22-18)25-10-16(24)23-12(3)8-7-9-13(23)4/h11-13H,7-10H2,1-6H3/t12-,13-/m1/s1. The molecule has 0 radical (unpaired) electrons. The zero-order valence-electron chi connectivity index (χ0n) is 16.6. The topological polar surface area (TPSA) is 46.1 Å². The Balaban J connectivity index is 1.87. The lowest BCUT2D eigenvalue weighted by atomic mass is 9.98. The van der Waals surface area contributed by atoms with Crippen molar-refractivity contribution in [2.24, 2.45) is 0 Å². The molecule has 1 fully saturated rings. The number of piperidine rings is 1. The summed E-state index contributed by atoms with van der Waals surface area (Å²) in [4.78, 5) is 26.9. The number of rotatable bonds is 4. The van der Waals surface area contributed by atoms with Crippen LogP contribution in [0.15, 0.2) is 5.03 Å². The molecule has 0 aromatic carbocycles. The van der Waals surface area contributed by atoms with Crippen LogP contribution in [0.1, 0.15) is 69.1 Å². The molecule has 1 amide bonds. The molecule has 0 unspecified atom stereocenters. The van der Waals surface area contributed by atoms with E-state index in [2.05, 4.69) is 46.4 Å². The predicted molar refractivity (Wildman–Crippen MR) is 111 cm³/mol. The number of likely N-dealkylation sites (tertiary alicyclic amines) is 1. The van der Waals surface area contributed by atoms with Gasteiger partial charge >= 0.3 is 0 Å². The fourth-order valence-corrected chi connectivity index (χ4v) is 5.77.